The molecule has 0 unspecified atom stereocenters. The molecule has 1 fully saturated rings. The Morgan fingerprint density at radius 1 is 0.960 bits per heavy atom. The molecule has 6 heteroatoms. The largest absolute Gasteiger partial charge is 0.337 e. The molecule has 6 nitrogen and oxygen atoms in total. The van der Waals surface area contributed by atoms with Crippen molar-refractivity contribution in [2.75, 3.05) is 26.2 Å². The molecule has 0 spiro atoms. The molecule has 0 bridgehead atoms. The van der Waals surface area contributed by atoms with Crippen LogP contribution < -0.4 is 0 Å². The average molecular weight is 339 g/mol. The lowest BCUT2D eigenvalue weighted by Crippen LogP contribution is -2.35. The number of nitro groups is 1. The van der Waals surface area contributed by atoms with Crippen molar-refractivity contribution in [3.63, 3.8) is 0 Å². The molecule has 3 rings (SSSR count). The second-order valence-corrected chi connectivity index (χ2v) is 6.18. The van der Waals surface area contributed by atoms with Gasteiger partial charge in [-0.2, -0.15) is 0 Å². The van der Waals surface area contributed by atoms with Crippen LogP contribution in [0.15, 0.2) is 54.6 Å². The van der Waals surface area contributed by atoms with Crippen molar-refractivity contribution in [3.05, 3.63) is 75.8 Å². The van der Waals surface area contributed by atoms with Crippen LogP contribution in [0.3, 0.4) is 0 Å². The number of hydrogen-bond donors (Lipinski definition) is 0. The monoisotopic (exact) mass is 339 g/mol. The number of amides is 1. The Bertz CT molecular complexity index is 749. The van der Waals surface area contributed by atoms with Crippen molar-refractivity contribution < 1.29 is 9.72 Å². The third-order valence-corrected chi connectivity index (χ3v) is 4.46. The number of para-hydroxylation sites is 1. The van der Waals surface area contributed by atoms with Crippen LogP contribution >= 0.6 is 0 Å². The predicted molar refractivity (Wildman–Crippen MR) is 95.3 cm³/mol. The third-order valence-electron chi connectivity index (χ3n) is 4.46. The number of nitro benzene ring substituents is 1. The van der Waals surface area contributed by atoms with Gasteiger partial charge in [-0.3, -0.25) is 19.8 Å². The molecule has 1 aliphatic rings. The van der Waals surface area contributed by atoms with Gasteiger partial charge in [-0.05, 0) is 18.1 Å². The molecule has 1 aliphatic heterocycles. The number of nitrogens with zero attached hydrogens (tertiary/aromatic N) is 3. The Labute approximate surface area is 146 Å². The highest BCUT2D eigenvalue weighted by Gasteiger charge is 2.25. The average Bonchev–Trinajstić information content (AvgIpc) is 2.87. The summed E-state index contributed by atoms with van der Waals surface area (Å²) in [4.78, 5) is 27.5. The summed E-state index contributed by atoms with van der Waals surface area (Å²) < 4.78 is 0. The maximum absolute atomic E-state index is 12.7. The van der Waals surface area contributed by atoms with Gasteiger partial charge in [0, 0.05) is 38.8 Å². The molecule has 0 N–H and O–H groups in total. The van der Waals surface area contributed by atoms with E-state index in [4.69, 9.17) is 0 Å². The number of rotatable bonds is 4. The molecule has 0 atom stereocenters. The fourth-order valence-electron chi connectivity index (χ4n) is 3.16. The fourth-order valence-corrected chi connectivity index (χ4v) is 3.16. The van der Waals surface area contributed by atoms with Gasteiger partial charge >= 0.3 is 0 Å². The van der Waals surface area contributed by atoms with E-state index in [1.807, 2.05) is 18.2 Å². The minimum Gasteiger partial charge on any atom is -0.337 e. The molecule has 2 aromatic rings. The van der Waals surface area contributed by atoms with Gasteiger partial charge in [0.15, 0.2) is 0 Å². The molecule has 1 heterocycles. The maximum atomic E-state index is 12.7. The summed E-state index contributed by atoms with van der Waals surface area (Å²) in [6.45, 7) is 3.74. The molecule has 0 aromatic heterocycles. The second-order valence-electron chi connectivity index (χ2n) is 6.18. The van der Waals surface area contributed by atoms with Crippen LogP contribution in [0.4, 0.5) is 5.69 Å². The van der Waals surface area contributed by atoms with E-state index in [2.05, 4.69) is 17.0 Å². The summed E-state index contributed by atoms with van der Waals surface area (Å²) in [5, 5.41) is 11.2. The lowest BCUT2D eigenvalue weighted by molar-refractivity contribution is -0.385. The zero-order valence-electron chi connectivity index (χ0n) is 14.0. The Morgan fingerprint density at radius 3 is 2.44 bits per heavy atom. The van der Waals surface area contributed by atoms with E-state index in [0.717, 1.165) is 26.1 Å². The van der Waals surface area contributed by atoms with Gasteiger partial charge in [0.2, 0.25) is 0 Å². The Kier molecular flexibility index (Phi) is 5.40. The smallest absolute Gasteiger partial charge is 0.282 e. The summed E-state index contributed by atoms with van der Waals surface area (Å²) in [6, 6.07) is 16.4. The van der Waals surface area contributed by atoms with E-state index in [1.54, 1.807) is 17.0 Å². The third kappa shape index (κ3) is 4.22. The molecule has 2 aromatic carbocycles. The number of hydrogen-bond acceptors (Lipinski definition) is 4. The normalized spacial score (nSPS) is 15.6. The van der Waals surface area contributed by atoms with Gasteiger partial charge in [-0.25, -0.2) is 0 Å². The molecular weight excluding hydrogens is 318 g/mol. The number of benzene rings is 2. The molecule has 0 radical (unpaired) electrons. The van der Waals surface area contributed by atoms with E-state index < -0.39 is 4.92 Å². The highest BCUT2D eigenvalue weighted by atomic mass is 16.6. The first-order chi connectivity index (χ1) is 12.1. The Balaban J connectivity index is 1.67. The van der Waals surface area contributed by atoms with Gasteiger partial charge in [-0.15, -0.1) is 0 Å². The first-order valence-corrected chi connectivity index (χ1v) is 8.44. The summed E-state index contributed by atoms with van der Waals surface area (Å²) >= 11 is 0. The van der Waals surface area contributed by atoms with E-state index in [-0.39, 0.29) is 17.2 Å². The zero-order chi connectivity index (χ0) is 17.6. The van der Waals surface area contributed by atoms with Crippen LogP contribution in [0.1, 0.15) is 22.3 Å². The van der Waals surface area contributed by atoms with Gasteiger partial charge in [0.25, 0.3) is 11.6 Å². The van der Waals surface area contributed by atoms with Gasteiger partial charge in [0.05, 0.1) is 4.92 Å². The van der Waals surface area contributed by atoms with Crippen molar-refractivity contribution >= 4 is 11.6 Å². The summed E-state index contributed by atoms with van der Waals surface area (Å²) in [7, 11) is 0. The van der Waals surface area contributed by atoms with Crippen LogP contribution in [0.5, 0.6) is 0 Å². The second kappa shape index (κ2) is 7.90. The molecule has 1 saturated heterocycles. The predicted octanol–water partition coefficient (Wildman–Crippen LogP) is 2.94. The summed E-state index contributed by atoms with van der Waals surface area (Å²) in [6.07, 6.45) is 0.860. The molecule has 25 heavy (non-hydrogen) atoms. The highest BCUT2D eigenvalue weighted by molar-refractivity contribution is 5.98. The van der Waals surface area contributed by atoms with Crippen LogP contribution in [-0.2, 0) is 6.54 Å². The minimum absolute atomic E-state index is 0.127. The standard InChI is InChI=1S/C19H21N3O3/c23-19(17-9-4-5-10-18(17)22(24)25)21-12-6-11-20(13-14-21)15-16-7-2-1-3-8-16/h1-5,7-10H,6,11-15H2. The van der Waals surface area contributed by atoms with Crippen LogP contribution in [-0.4, -0.2) is 46.8 Å². The molecule has 0 saturated carbocycles. The van der Waals surface area contributed by atoms with Crippen molar-refractivity contribution in [1.82, 2.24) is 9.80 Å². The quantitative estimate of drug-likeness (QED) is 0.634. The molecule has 1 amide bonds. The van der Waals surface area contributed by atoms with Crippen molar-refractivity contribution in [2.45, 2.75) is 13.0 Å². The first kappa shape index (κ1) is 17.1. The minimum atomic E-state index is -0.493. The maximum Gasteiger partial charge on any atom is 0.282 e. The van der Waals surface area contributed by atoms with Gasteiger partial charge < -0.3 is 4.90 Å². The SMILES string of the molecule is O=C(c1ccccc1[N+](=O)[O-])N1CCCN(Cc2ccccc2)CC1. The summed E-state index contributed by atoms with van der Waals surface area (Å²) in [5.74, 6) is -0.256. The summed E-state index contributed by atoms with van der Waals surface area (Å²) in [5.41, 5.74) is 1.29. The lowest BCUT2D eigenvalue weighted by atomic mass is 10.1. The van der Waals surface area contributed by atoms with E-state index >= 15 is 0 Å². The van der Waals surface area contributed by atoms with Crippen LogP contribution in [0, 0.1) is 10.1 Å². The van der Waals surface area contributed by atoms with Crippen molar-refractivity contribution in [3.8, 4) is 0 Å². The van der Waals surface area contributed by atoms with E-state index in [0.29, 0.717) is 13.1 Å². The van der Waals surface area contributed by atoms with Crippen molar-refractivity contribution in [1.29, 1.82) is 0 Å². The zero-order valence-corrected chi connectivity index (χ0v) is 14.0. The lowest BCUT2D eigenvalue weighted by Gasteiger charge is -2.22. The number of carbonyl (C=O) groups excluding carboxylic acids is 1. The van der Waals surface area contributed by atoms with Gasteiger partial charge in [-0.1, -0.05) is 42.5 Å². The van der Waals surface area contributed by atoms with E-state index in [9.17, 15) is 14.9 Å². The molecule has 130 valence electrons. The highest BCUT2D eigenvalue weighted by Crippen LogP contribution is 2.20. The molecule has 0 aliphatic carbocycles. The fraction of sp³-hybridized carbons (Fsp3) is 0.316. The Morgan fingerprint density at radius 2 is 1.68 bits per heavy atom. The molecular formula is C19H21N3O3. The number of carbonyl (C=O) groups is 1. The Hall–Kier alpha value is -2.73. The van der Waals surface area contributed by atoms with Crippen LogP contribution in [0.2, 0.25) is 0 Å². The van der Waals surface area contributed by atoms with Crippen molar-refractivity contribution in [2.24, 2.45) is 0 Å². The van der Waals surface area contributed by atoms with Crippen LogP contribution in [0.25, 0.3) is 0 Å². The topological polar surface area (TPSA) is 66.7 Å². The first-order valence-electron chi connectivity index (χ1n) is 8.44. The van der Waals surface area contributed by atoms with Gasteiger partial charge in [0.1, 0.15) is 5.56 Å². The van der Waals surface area contributed by atoms with E-state index in [1.165, 1.54) is 17.7 Å².